The van der Waals surface area contributed by atoms with E-state index in [2.05, 4.69) is 47.9 Å². The van der Waals surface area contributed by atoms with Gasteiger partial charge < -0.3 is 10.3 Å². The fourth-order valence-electron chi connectivity index (χ4n) is 3.79. The van der Waals surface area contributed by atoms with Crippen LogP contribution in [0.5, 0.6) is 0 Å². The maximum atomic E-state index is 12.6. The lowest BCUT2D eigenvalue weighted by molar-refractivity contribution is -0.141. The number of pyridine rings is 1. The van der Waals surface area contributed by atoms with Crippen molar-refractivity contribution in [3.63, 3.8) is 0 Å². The Hall–Kier alpha value is -3.83. The van der Waals surface area contributed by atoms with Gasteiger partial charge in [0.2, 0.25) is 0 Å². The Morgan fingerprint density at radius 1 is 1.14 bits per heavy atom. The summed E-state index contributed by atoms with van der Waals surface area (Å²) >= 11 is 0. The molecule has 2 N–H and O–H groups in total. The molecule has 9 nitrogen and oxygen atoms in total. The van der Waals surface area contributed by atoms with E-state index in [0.717, 1.165) is 48.3 Å². The third-order valence-corrected chi connectivity index (χ3v) is 5.87. The highest BCUT2D eigenvalue weighted by atomic mass is 19.4. The van der Waals surface area contributed by atoms with E-state index in [-0.39, 0.29) is 12.2 Å². The van der Waals surface area contributed by atoms with Gasteiger partial charge in [-0.15, -0.1) is 10.2 Å². The van der Waals surface area contributed by atoms with Gasteiger partial charge in [0.05, 0.1) is 11.9 Å². The Morgan fingerprint density at radius 3 is 2.74 bits per heavy atom. The van der Waals surface area contributed by atoms with Crippen LogP contribution < -0.4 is 5.32 Å². The molecule has 0 aliphatic heterocycles. The monoisotopic (exact) mass is 484 g/mol. The summed E-state index contributed by atoms with van der Waals surface area (Å²) in [5.74, 6) is 0.181. The molecule has 1 saturated carbocycles. The number of hydrogen-bond acceptors (Lipinski definition) is 6. The number of alkyl halides is 3. The summed E-state index contributed by atoms with van der Waals surface area (Å²) in [6, 6.07) is 6.40. The molecule has 0 atom stereocenters. The van der Waals surface area contributed by atoms with Gasteiger partial charge in [0.15, 0.2) is 11.3 Å². The van der Waals surface area contributed by atoms with E-state index in [1.54, 1.807) is 10.9 Å². The van der Waals surface area contributed by atoms with E-state index < -0.39 is 17.8 Å². The lowest BCUT2D eigenvalue weighted by atomic mass is 10.1. The molecule has 0 bridgehead atoms. The first-order valence-corrected chi connectivity index (χ1v) is 11.4. The van der Waals surface area contributed by atoms with E-state index >= 15 is 0 Å². The number of nitrogens with one attached hydrogen (secondary N) is 2. The van der Waals surface area contributed by atoms with E-state index in [1.165, 1.54) is 24.6 Å². The van der Waals surface area contributed by atoms with Crippen molar-refractivity contribution in [1.82, 2.24) is 40.5 Å². The molecule has 1 fully saturated rings. The zero-order valence-corrected chi connectivity index (χ0v) is 18.7. The van der Waals surface area contributed by atoms with Crippen LogP contribution in [0, 0.1) is 0 Å². The summed E-state index contributed by atoms with van der Waals surface area (Å²) in [5, 5.41) is 20.2. The van der Waals surface area contributed by atoms with Gasteiger partial charge >= 0.3 is 6.18 Å². The van der Waals surface area contributed by atoms with E-state index in [1.807, 2.05) is 0 Å². The number of aromatic nitrogens is 7. The van der Waals surface area contributed by atoms with Crippen LogP contribution in [0.2, 0.25) is 0 Å². The number of carbonyl (C=O) groups excluding carboxylic acids is 1. The molecule has 1 amide bonds. The first-order valence-electron chi connectivity index (χ1n) is 11.4. The second-order valence-electron chi connectivity index (χ2n) is 8.69. The number of aromatic amines is 1. The molecule has 182 valence electrons. The van der Waals surface area contributed by atoms with Crippen molar-refractivity contribution in [3.8, 4) is 0 Å². The summed E-state index contributed by atoms with van der Waals surface area (Å²) in [5.41, 5.74) is 2.63. The number of aryl methyl sites for hydroxylation is 2. The molecule has 4 heterocycles. The maximum Gasteiger partial charge on any atom is 0.433 e. The average Bonchev–Trinajstić information content (AvgIpc) is 3.43. The fourth-order valence-corrected chi connectivity index (χ4v) is 3.79. The van der Waals surface area contributed by atoms with Crippen LogP contribution in [-0.2, 0) is 25.7 Å². The smallest absolute Gasteiger partial charge is 0.346 e. The van der Waals surface area contributed by atoms with Gasteiger partial charge in [0.1, 0.15) is 5.69 Å². The van der Waals surface area contributed by atoms with Crippen molar-refractivity contribution >= 4 is 16.9 Å². The quantitative estimate of drug-likeness (QED) is 0.350. The number of halogens is 3. The highest BCUT2D eigenvalue weighted by Crippen LogP contribution is 2.40. The van der Waals surface area contributed by atoms with Gasteiger partial charge in [-0.2, -0.15) is 18.3 Å². The van der Waals surface area contributed by atoms with Crippen molar-refractivity contribution in [2.24, 2.45) is 0 Å². The molecule has 35 heavy (non-hydrogen) atoms. The first kappa shape index (κ1) is 22.9. The predicted octanol–water partition coefficient (Wildman–Crippen LogP) is 3.79. The molecule has 1 aliphatic carbocycles. The highest BCUT2D eigenvalue weighted by Gasteiger charge is 2.32. The van der Waals surface area contributed by atoms with E-state index in [9.17, 15) is 18.0 Å². The van der Waals surface area contributed by atoms with Crippen molar-refractivity contribution in [3.05, 3.63) is 65.0 Å². The number of rotatable bonds is 9. The number of nitrogens with zero attached hydrogens (tertiary/aromatic N) is 6. The van der Waals surface area contributed by atoms with Gasteiger partial charge in [0.25, 0.3) is 5.91 Å². The van der Waals surface area contributed by atoms with Crippen molar-refractivity contribution < 1.29 is 18.0 Å². The van der Waals surface area contributed by atoms with Crippen LogP contribution in [0.25, 0.3) is 11.0 Å². The number of carbonyl (C=O) groups is 1. The van der Waals surface area contributed by atoms with E-state index in [0.29, 0.717) is 18.0 Å². The van der Waals surface area contributed by atoms with Crippen molar-refractivity contribution in [1.29, 1.82) is 0 Å². The summed E-state index contributed by atoms with van der Waals surface area (Å²) < 4.78 is 39.3. The Morgan fingerprint density at radius 2 is 2.00 bits per heavy atom. The summed E-state index contributed by atoms with van der Waals surface area (Å²) in [6.45, 7) is 0.625. The van der Waals surface area contributed by atoms with Crippen LogP contribution >= 0.6 is 0 Å². The first-order chi connectivity index (χ1) is 16.8. The maximum absolute atomic E-state index is 12.6. The van der Waals surface area contributed by atoms with Crippen LogP contribution in [0.3, 0.4) is 0 Å². The minimum absolute atomic E-state index is 0.0332. The molecule has 1 aliphatic rings. The second-order valence-corrected chi connectivity index (χ2v) is 8.69. The summed E-state index contributed by atoms with van der Waals surface area (Å²) in [6.07, 6.45) is 3.09. The SMILES string of the molecule is O=C(NCc1ccc(C(F)(F)F)nc1)c1cn(CCCCc2cc3cc(C4CC4)[nH]c3nn2)nn1. The number of unbranched alkanes of at least 4 members (excludes halogenated alkanes) is 1. The zero-order valence-electron chi connectivity index (χ0n) is 18.7. The lowest BCUT2D eigenvalue weighted by Gasteiger charge is -2.07. The third-order valence-electron chi connectivity index (χ3n) is 5.87. The van der Waals surface area contributed by atoms with Crippen LogP contribution in [0.4, 0.5) is 13.2 Å². The Bertz CT molecular complexity index is 1320. The minimum atomic E-state index is -4.50. The summed E-state index contributed by atoms with van der Waals surface area (Å²) in [7, 11) is 0. The normalized spacial score (nSPS) is 13.9. The number of H-pyrrole nitrogens is 1. The third kappa shape index (κ3) is 5.64. The van der Waals surface area contributed by atoms with Crippen LogP contribution in [-0.4, -0.2) is 41.1 Å². The Kier molecular flexibility index (Phi) is 6.18. The molecule has 0 unspecified atom stereocenters. The number of hydrogen-bond donors (Lipinski definition) is 2. The average molecular weight is 484 g/mol. The lowest BCUT2D eigenvalue weighted by Crippen LogP contribution is -2.23. The molecule has 0 spiro atoms. The predicted molar refractivity (Wildman–Crippen MR) is 119 cm³/mol. The highest BCUT2D eigenvalue weighted by molar-refractivity contribution is 5.91. The molecular formula is C23H23F3N8O. The van der Waals surface area contributed by atoms with Gasteiger partial charge in [0, 0.05) is 30.4 Å². The molecule has 4 aromatic rings. The largest absolute Gasteiger partial charge is 0.433 e. The van der Waals surface area contributed by atoms with Gasteiger partial charge in [-0.25, -0.2) is 0 Å². The van der Waals surface area contributed by atoms with Crippen LogP contribution in [0.15, 0.2) is 36.7 Å². The Balaban J connectivity index is 1.06. The molecule has 4 aromatic heterocycles. The molecule has 12 heteroatoms. The molecule has 0 saturated heterocycles. The fraction of sp³-hybridized carbons (Fsp3) is 0.391. The molecular weight excluding hydrogens is 461 g/mol. The van der Waals surface area contributed by atoms with Crippen molar-refractivity contribution in [2.75, 3.05) is 0 Å². The number of amides is 1. The summed E-state index contributed by atoms with van der Waals surface area (Å²) in [4.78, 5) is 19.0. The van der Waals surface area contributed by atoms with Crippen LogP contribution in [0.1, 0.15) is 64.7 Å². The zero-order chi connectivity index (χ0) is 24.4. The second kappa shape index (κ2) is 9.43. The van der Waals surface area contributed by atoms with Gasteiger partial charge in [-0.05, 0) is 61.8 Å². The number of fused-ring (bicyclic) bond motifs is 1. The molecule has 5 rings (SSSR count). The topological polar surface area (TPSA) is 114 Å². The van der Waals surface area contributed by atoms with Gasteiger partial charge in [-0.3, -0.25) is 14.5 Å². The molecule has 0 aromatic carbocycles. The van der Waals surface area contributed by atoms with Gasteiger partial charge in [-0.1, -0.05) is 11.3 Å². The van der Waals surface area contributed by atoms with E-state index in [4.69, 9.17) is 0 Å². The van der Waals surface area contributed by atoms with Crippen molar-refractivity contribution in [2.45, 2.75) is 57.3 Å². The Labute approximate surface area is 198 Å². The standard InChI is InChI=1S/C23H23F3N8O/c24-23(25,26)20-7-4-14(11-27-20)12-28-22(35)19-13-34(33-31-19)8-2-1-3-17-9-16-10-18(15-5-6-15)29-21(16)32-30-17/h4,7,9-11,13,15H,1-3,5-6,8,12H2,(H,28,35)(H,29,32). The molecule has 0 radical (unpaired) electrons. The minimum Gasteiger partial charge on any atom is -0.346 e.